The maximum absolute atomic E-state index is 12.6. The Morgan fingerprint density at radius 1 is 0.724 bits per heavy atom. The molecule has 0 aliphatic carbocycles. The molecule has 0 radical (unpaired) electrons. The fourth-order valence-corrected chi connectivity index (χ4v) is 3.31. The lowest BCUT2D eigenvalue weighted by Crippen LogP contribution is -2.29. The van der Waals surface area contributed by atoms with E-state index in [9.17, 15) is 22.8 Å². The van der Waals surface area contributed by atoms with Crippen LogP contribution in [0.15, 0.2) is 88.7 Å². The molecule has 0 aromatic heterocycles. The highest BCUT2D eigenvalue weighted by molar-refractivity contribution is 7.99. The van der Waals surface area contributed by atoms with Crippen LogP contribution in [-0.4, -0.2) is 11.8 Å². The first-order chi connectivity index (χ1) is 13.8. The number of rotatable bonds is 4. The van der Waals surface area contributed by atoms with Gasteiger partial charge in [0.1, 0.15) is 0 Å². The molecule has 0 bridgehead atoms. The van der Waals surface area contributed by atoms with Crippen molar-refractivity contribution in [3.8, 4) is 0 Å². The Labute approximate surface area is 169 Å². The van der Waals surface area contributed by atoms with Crippen molar-refractivity contribution in [3.63, 3.8) is 0 Å². The Kier molecular flexibility index (Phi) is 6.23. The second-order valence-electron chi connectivity index (χ2n) is 5.89. The van der Waals surface area contributed by atoms with Crippen molar-refractivity contribution in [2.45, 2.75) is 16.0 Å². The van der Waals surface area contributed by atoms with Gasteiger partial charge < -0.3 is 10.6 Å². The van der Waals surface area contributed by atoms with Crippen LogP contribution in [0.4, 0.5) is 24.5 Å². The van der Waals surface area contributed by atoms with E-state index in [-0.39, 0.29) is 5.69 Å². The first-order valence-corrected chi connectivity index (χ1v) is 9.26. The van der Waals surface area contributed by atoms with Gasteiger partial charge in [-0.2, -0.15) is 13.2 Å². The molecule has 0 saturated carbocycles. The second kappa shape index (κ2) is 8.83. The van der Waals surface area contributed by atoms with Crippen LogP contribution in [0, 0.1) is 0 Å². The van der Waals surface area contributed by atoms with Gasteiger partial charge in [0.05, 0.1) is 11.3 Å². The van der Waals surface area contributed by atoms with E-state index in [2.05, 4.69) is 10.6 Å². The molecule has 0 fully saturated rings. The van der Waals surface area contributed by atoms with Crippen molar-refractivity contribution in [1.29, 1.82) is 0 Å². The molecule has 2 N–H and O–H groups in total. The number of para-hydroxylation sites is 1. The molecule has 2 amide bonds. The third kappa shape index (κ3) is 5.61. The van der Waals surface area contributed by atoms with Gasteiger partial charge in [-0.05, 0) is 48.5 Å². The topological polar surface area (TPSA) is 58.2 Å². The van der Waals surface area contributed by atoms with Crippen molar-refractivity contribution >= 4 is 35.0 Å². The molecular weight excluding hydrogens is 401 g/mol. The number of carbonyl (C=O) groups excluding carboxylic acids is 2. The lowest BCUT2D eigenvalue weighted by Gasteiger charge is -2.11. The average Bonchev–Trinajstić information content (AvgIpc) is 2.70. The molecular formula is C21H15F3N2O2S. The van der Waals surface area contributed by atoms with E-state index in [0.717, 1.165) is 34.1 Å². The zero-order valence-electron chi connectivity index (χ0n) is 14.9. The first kappa shape index (κ1) is 20.5. The number of carbonyl (C=O) groups is 2. The Morgan fingerprint density at radius 3 is 1.97 bits per heavy atom. The van der Waals surface area contributed by atoms with E-state index < -0.39 is 23.6 Å². The van der Waals surface area contributed by atoms with Gasteiger partial charge >= 0.3 is 18.0 Å². The van der Waals surface area contributed by atoms with Crippen LogP contribution in [0.25, 0.3) is 0 Å². The molecule has 3 rings (SSSR count). The Morgan fingerprint density at radius 2 is 1.31 bits per heavy atom. The molecule has 3 aromatic carbocycles. The Hall–Kier alpha value is -3.26. The number of benzene rings is 3. The van der Waals surface area contributed by atoms with E-state index >= 15 is 0 Å². The smallest absolute Gasteiger partial charge is 0.318 e. The van der Waals surface area contributed by atoms with Crippen LogP contribution in [-0.2, 0) is 15.8 Å². The summed E-state index contributed by atoms with van der Waals surface area (Å²) in [5, 5.41) is 4.82. The highest BCUT2D eigenvalue weighted by atomic mass is 32.2. The third-order valence-electron chi connectivity index (χ3n) is 3.78. The Bertz CT molecular complexity index is 1010. The highest BCUT2D eigenvalue weighted by Crippen LogP contribution is 2.33. The van der Waals surface area contributed by atoms with E-state index in [1.54, 1.807) is 18.2 Å². The molecule has 0 unspecified atom stereocenters. The minimum atomic E-state index is -4.47. The summed E-state index contributed by atoms with van der Waals surface area (Å²) in [5.74, 6) is -1.91. The number of nitrogens with one attached hydrogen (secondary N) is 2. The van der Waals surface area contributed by atoms with Crippen molar-refractivity contribution < 1.29 is 22.8 Å². The number of hydrogen-bond acceptors (Lipinski definition) is 3. The van der Waals surface area contributed by atoms with E-state index in [4.69, 9.17) is 0 Å². The maximum atomic E-state index is 12.6. The molecule has 0 spiro atoms. The molecule has 0 aliphatic rings. The van der Waals surface area contributed by atoms with Crippen LogP contribution in [0.2, 0.25) is 0 Å². The molecule has 148 valence electrons. The first-order valence-electron chi connectivity index (χ1n) is 8.44. The summed E-state index contributed by atoms with van der Waals surface area (Å²) in [4.78, 5) is 26.1. The van der Waals surface area contributed by atoms with Crippen molar-refractivity contribution in [2.75, 3.05) is 10.6 Å². The largest absolute Gasteiger partial charge is 0.416 e. The number of alkyl halides is 3. The molecule has 3 aromatic rings. The van der Waals surface area contributed by atoms with Crippen molar-refractivity contribution in [3.05, 3.63) is 84.4 Å². The third-order valence-corrected chi connectivity index (χ3v) is 4.87. The quantitative estimate of drug-likeness (QED) is 0.558. The fraction of sp³-hybridized carbons (Fsp3) is 0.0476. The van der Waals surface area contributed by atoms with Crippen LogP contribution in [0.1, 0.15) is 5.56 Å². The van der Waals surface area contributed by atoms with Gasteiger partial charge in [0.2, 0.25) is 0 Å². The lowest BCUT2D eigenvalue weighted by molar-refractivity contribution is -0.137. The maximum Gasteiger partial charge on any atom is 0.416 e. The summed E-state index contributed by atoms with van der Waals surface area (Å²) in [7, 11) is 0. The lowest BCUT2D eigenvalue weighted by atomic mass is 10.2. The molecule has 0 aliphatic heterocycles. The standard InChI is InChI=1S/C21H15F3N2O2S/c22-21(23,24)14-10-12-15(13-11-14)25-19(27)20(28)26-17-8-4-5-9-18(17)29-16-6-2-1-3-7-16/h1-13H,(H,25,27)(H,26,28). The van der Waals surface area contributed by atoms with Gasteiger partial charge in [-0.25, -0.2) is 0 Å². The minimum absolute atomic E-state index is 0.0881. The summed E-state index contributed by atoms with van der Waals surface area (Å²) in [5.41, 5.74) is -0.300. The molecule has 29 heavy (non-hydrogen) atoms. The summed E-state index contributed by atoms with van der Waals surface area (Å²) in [6.07, 6.45) is -4.47. The monoisotopic (exact) mass is 416 g/mol. The predicted molar refractivity (Wildman–Crippen MR) is 106 cm³/mol. The van der Waals surface area contributed by atoms with Gasteiger partial charge in [-0.3, -0.25) is 9.59 Å². The van der Waals surface area contributed by atoms with Gasteiger partial charge in [0.25, 0.3) is 0 Å². The van der Waals surface area contributed by atoms with Gasteiger partial charge in [0, 0.05) is 15.5 Å². The molecule has 8 heteroatoms. The molecule has 0 heterocycles. The van der Waals surface area contributed by atoms with E-state index in [1.807, 2.05) is 36.4 Å². The van der Waals surface area contributed by atoms with Crippen LogP contribution < -0.4 is 10.6 Å². The SMILES string of the molecule is O=C(Nc1ccc(C(F)(F)F)cc1)C(=O)Nc1ccccc1Sc1ccccc1. The summed E-state index contributed by atoms with van der Waals surface area (Å²) >= 11 is 1.42. The zero-order chi connectivity index (χ0) is 20.9. The number of halogens is 3. The second-order valence-corrected chi connectivity index (χ2v) is 7.01. The van der Waals surface area contributed by atoms with Crippen LogP contribution in [0.3, 0.4) is 0 Å². The normalized spacial score (nSPS) is 11.0. The van der Waals surface area contributed by atoms with Gasteiger partial charge in [-0.1, -0.05) is 42.1 Å². The van der Waals surface area contributed by atoms with Crippen LogP contribution >= 0.6 is 11.8 Å². The molecule has 0 saturated heterocycles. The number of anilines is 2. The van der Waals surface area contributed by atoms with E-state index in [0.29, 0.717) is 5.69 Å². The van der Waals surface area contributed by atoms with E-state index in [1.165, 1.54) is 11.8 Å². The Balaban J connectivity index is 1.66. The molecule has 0 atom stereocenters. The van der Waals surface area contributed by atoms with Gasteiger partial charge in [0.15, 0.2) is 0 Å². The predicted octanol–water partition coefficient (Wildman–Crippen LogP) is 5.43. The summed E-state index contributed by atoms with van der Waals surface area (Å²) in [6, 6.07) is 20.4. The highest BCUT2D eigenvalue weighted by Gasteiger charge is 2.30. The number of hydrogen-bond donors (Lipinski definition) is 2. The zero-order valence-corrected chi connectivity index (χ0v) is 15.7. The minimum Gasteiger partial charge on any atom is -0.318 e. The fourth-order valence-electron chi connectivity index (χ4n) is 2.38. The summed E-state index contributed by atoms with van der Waals surface area (Å²) < 4.78 is 37.8. The molecule has 4 nitrogen and oxygen atoms in total. The average molecular weight is 416 g/mol. The van der Waals surface area contributed by atoms with Crippen LogP contribution in [0.5, 0.6) is 0 Å². The summed E-state index contributed by atoms with van der Waals surface area (Å²) in [6.45, 7) is 0. The van der Waals surface area contributed by atoms with Crippen molar-refractivity contribution in [2.24, 2.45) is 0 Å². The van der Waals surface area contributed by atoms with Crippen molar-refractivity contribution in [1.82, 2.24) is 0 Å². The van der Waals surface area contributed by atoms with Gasteiger partial charge in [-0.15, -0.1) is 0 Å². The number of amides is 2.